The van der Waals surface area contributed by atoms with E-state index in [9.17, 15) is 4.79 Å². The Morgan fingerprint density at radius 1 is 1.35 bits per heavy atom. The van der Waals surface area contributed by atoms with E-state index in [-0.39, 0.29) is 5.91 Å². The topological polar surface area (TPSA) is 82.0 Å². The first-order valence-corrected chi connectivity index (χ1v) is 9.19. The number of carbonyl (C=O) groups excluding carboxylic acids is 1. The summed E-state index contributed by atoms with van der Waals surface area (Å²) in [7, 11) is 0. The SMILES string of the molecule is N=C/C(=C\NCCCN1CCCCC1=O)c1cnc2ccc(Cl)nc2c1. The summed E-state index contributed by atoms with van der Waals surface area (Å²) in [4.78, 5) is 22.3. The number of allylic oxidation sites excluding steroid dienone is 1. The maximum atomic E-state index is 11.8. The zero-order valence-corrected chi connectivity index (χ0v) is 15.3. The Hall–Kier alpha value is -2.47. The molecule has 2 aromatic heterocycles. The lowest BCUT2D eigenvalue weighted by Crippen LogP contribution is -2.36. The summed E-state index contributed by atoms with van der Waals surface area (Å²) in [5.74, 6) is 0.264. The Morgan fingerprint density at radius 3 is 3.04 bits per heavy atom. The van der Waals surface area contributed by atoms with Crippen LogP contribution in [0.1, 0.15) is 31.2 Å². The number of nitrogens with one attached hydrogen (secondary N) is 2. The average Bonchev–Trinajstić information content (AvgIpc) is 2.65. The molecular formula is C19H22ClN5O. The van der Waals surface area contributed by atoms with E-state index in [1.807, 2.05) is 17.0 Å². The number of hydrogen-bond donors (Lipinski definition) is 2. The predicted octanol–water partition coefficient (Wildman–Crippen LogP) is 3.27. The summed E-state index contributed by atoms with van der Waals surface area (Å²) < 4.78 is 0. The molecule has 7 heteroatoms. The number of piperidine rings is 1. The first-order chi connectivity index (χ1) is 12.7. The second-order valence-corrected chi connectivity index (χ2v) is 6.67. The normalized spacial score (nSPS) is 15.3. The maximum Gasteiger partial charge on any atom is 0.222 e. The van der Waals surface area contributed by atoms with Gasteiger partial charge in [-0.2, -0.15) is 0 Å². The van der Waals surface area contributed by atoms with Gasteiger partial charge in [0.15, 0.2) is 0 Å². The van der Waals surface area contributed by atoms with E-state index in [2.05, 4.69) is 15.3 Å². The third kappa shape index (κ3) is 4.58. The molecule has 0 aliphatic carbocycles. The van der Waals surface area contributed by atoms with Crippen LogP contribution in [-0.2, 0) is 4.79 Å². The number of rotatable bonds is 7. The molecule has 6 nitrogen and oxygen atoms in total. The first-order valence-electron chi connectivity index (χ1n) is 8.82. The van der Waals surface area contributed by atoms with Gasteiger partial charge in [0.2, 0.25) is 5.91 Å². The molecule has 1 amide bonds. The highest BCUT2D eigenvalue weighted by atomic mass is 35.5. The van der Waals surface area contributed by atoms with Crippen LogP contribution >= 0.6 is 11.6 Å². The molecule has 1 fully saturated rings. The van der Waals surface area contributed by atoms with Crippen molar-refractivity contribution >= 4 is 40.3 Å². The van der Waals surface area contributed by atoms with Crippen LogP contribution < -0.4 is 5.32 Å². The summed E-state index contributed by atoms with van der Waals surface area (Å²) in [6.07, 6.45) is 8.48. The molecule has 0 radical (unpaired) electrons. The number of pyridine rings is 2. The molecule has 1 aliphatic rings. The monoisotopic (exact) mass is 371 g/mol. The molecule has 1 aliphatic heterocycles. The fraction of sp³-hybridized carbons (Fsp3) is 0.368. The van der Waals surface area contributed by atoms with Crippen molar-refractivity contribution in [3.63, 3.8) is 0 Å². The van der Waals surface area contributed by atoms with E-state index in [0.717, 1.165) is 55.5 Å². The van der Waals surface area contributed by atoms with Crippen LogP contribution in [0.3, 0.4) is 0 Å². The highest BCUT2D eigenvalue weighted by Crippen LogP contribution is 2.18. The minimum absolute atomic E-state index is 0.264. The number of halogens is 1. The Labute approximate surface area is 157 Å². The van der Waals surface area contributed by atoms with Crippen molar-refractivity contribution in [3.05, 3.63) is 41.3 Å². The van der Waals surface area contributed by atoms with E-state index in [1.54, 1.807) is 18.5 Å². The van der Waals surface area contributed by atoms with Gasteiger partial charge in [0.1, 0.15) is 5.15 Å². The largest absolute Gasteiger partial charge is 0.390 e. The summed E-state index contributed by atoms with van der Waals surface area (Å²) in [5, 5.41) is 11.3. The molecule has 0 saturated carbocycles. The summed E-state index contributed by atoms with van der Waals surface area (Å²) >= 11 is 5.94. The van der Waals surface area contributed by atoms with Crippen molar-refractivity contribution < 1.29 is 4.79 Å². The molecule has 2 aromatic rings. The van der Waals surface area contributed by atoms with E-state index in [0.29, 0.717) is 17.1 Å². The molecule has 3 heterocycles. The van der Waals surface area contributed by atoms with Gasteiger partial charge in [-0.05, 0) is 37.5 Å². The van der Waals surface area contributed by atoms with Crippen LogP contribution in [0.4, 0.5) is 0 Å². The van der Waals surface area contributed by atoms with E-state index in [1.165, 1.54) is 6.21 Å². The van der Waals surface area contributed by atoms with Crippen molar-refractivity contribution in [1.29, 1.82) is 5.41 Å². The second-order valence-electron chi connectivity index (χ2n) is 6.29. The Bertz CT molecular complexity index is 836. The fourth-order valence-electron chi connectivity index (χ4n) is 3.00. The Kier molecular flexibility index (Phi) is 6.17. The van der Waals surface area contributed by atoms with Crippen molar-refractivity contribution in [2.75, 3.05) is 19.6 Å². The third-order valence-electron chi connectivity index (χ3n) is 4.42. The standard InChI is InChI=1S/C19H22ClN5O/c20-18-6-5-16-17(24-18)10-14(13-23-16)15(11-21)12-22-7-3-9-25-8-2-1-4-19(25)26/h5-6,10-13,21-22H,1-4,7-9H2/b15-12+,21-11?. The van der Waals surface area contributed by atoms with Gasteiger partial charge in [-0.1, -0.05) is 11.6 Å². The second kappa shape index (κ2) is 8.76. The van der Waals surface area contributed by atoms with Crippen molar-refractivity contribution in [2.45, 2.75) is 25.7 Å². The first kappa shape index (κ1) is 18.3. The number of likely N-dealkylation sites (tertiary alicyclic amines) is 1. The van der Waals surface area contributed by atoms with Gasteiger partial charge in [0, 0.05) is 55.8 Å². The minimum Gasteiger partial charge on any atom is -0.390 e. The lowest BCUT2D eigenvalue weighted by molar-refractivity contribution is -0.133. The van der Waals surface area contributed by atoms with Crippen LogP contribution in [0.2, 0.25) is 5.15 Å². The Balaban J connectivity index is 1.58. The Morgan fingerprint density at radius 2 is 2.23 bits per heavy atom. The van der Waals surface area contributed by atoms with E-state index >= 15 is 0 Å². The van der Waals surface area contributed by atoms with Gasteiger partial charge in [0.25, 0.3) is 0 Å². The van der Waals surface area contributed by atoms with Crippen LogP contribution in [0.15, 0.2) is 30.6 Å². The van der Waals surface area contributed by atoms with Crippen LogP contribution in [-0.4, -0.2) is 46.6 Å². The molecular weight excluding hydrogens is 350 g/mol. The molecule has 0 spiro atoms. The number of amides is 1. The van der Waals surface area contributed by atoms with Crippen LogP contribution in [0.25, 0.3) is 16.6 Å². The molecule has 26 heavy (non-hydrogen) atoms. The van der Waals surface area contributed by atoms with Crippen molar-refractivity contribution in [1.82, 2.24) is 20.2 Å². The summed E-state index contributed by atoms with van der Waals surface area (Å²) in [6, 6.07) is 5.40. The summed E-state index contributed by atoms with van der Waals surface area (Å²) in [5.41, 5.74) is 2.99. The highest BCUT2D eigenvalue weighted by molar-refractivity contribution is 6.29. The van der Waals surface area contributed by atoms with Gasteiger partial charge >= 0.3 is 0 Å². The van der Waals surface area contributed by atoms with Crippen molar-refractivity contribution in [3.8, 4) is 0 Å². The highest BCUT2D eigenvalue weighted by Gasteiger charge is 2.16. The number of hydrogen-bond acceptors (Lipinski definition) is 5. The van der Waals surface area contributed by atoms with Crippen molar-refractivity contribution in [2.24, 2.45) is 0 Å². The third-order valence-corrected chi connectivity index (χ3v) is 4.63. The van der Waals surface area contributed by atoms with Gasteiger partial charge in [-0.15, -0.1) is 0 Å². The minimum atomic E-state index is 0.264. The molecule has 1 saturated heterocycles. The number of carbonyl (C=O) groups is 1. The summed E-state index contributed by atoms with van der Waals surface area (Å²) in [6.45, 7) is 2.39. The molecule has 3 rings (SSSR count). The number of aromatic nitrogens is 2. The van der Waals surface area contributed by atoms with Crippen LogP contribution in [0, 0.1) is 5.41 Å². The van der Waals surface area contributed by atoms with E-state index < -0.39 is 0 Å². The molecule has 2 N–H and O–H groups in total. The van der Waals surface area contributed by atoms with Gasteiger partial charge in [0.05, 0.1) is 11.0 Å². The maximum absolute atomic E-state index is 11.8. The zero-order valence-electron chi connectivity index (χ0n) is 14.5. The van der Waals surface area contributed by atoms with Gasteiger partial charge < -0.3 is 15.6 Å². The zero-order chi connectivity index (χ0) is 18.4. The molecule has 0 bridgehead atoms. The van der Waals surface area contributed by atoms with Gasteiger partial charge in [-0.3, -0.25) is 9.78 Å². The lowest BCUT2D eigenvalue weighted by atomic mass is 10.1. The number of fused-ring (bicyclic) bond motifs is 1. The van der Waals surface area contributed by atoms with Gasteiger partial charge in [-0.25, -0.2) is 4.98 Å². The fourth-order valence-corrected chi connectivity index (χ4v) is 3.15. The molecule has 0 unspecified atom stereocenters. The van der Waals surface area contributed by atoms with E-state index in [4.69, 9.17) is 17.0 Å². The van der Waals surface area contributed by atoms with Crippen LogP contribution in [0.5, 0.6) is 0 Å². The average molecular weight is 372 g/mol. The predicted molar refractivity (Wildman–Crippen MR) is 104 cm³/mol. The smallest absolute Gasteiger partial charge is 0.222 e. The molecule has 136 valence electrons. The quantitative estimate of drug-likeness (QED) is 0.444. The molecule has 0 atom stereocenters. The lowest BCUT2D eigenvalue weighted by Gasteiger charge is -2.26. The molecule has 0 aromatic carbocycles. The number of nitrogens with zero attached hydrogens (tertiary/aromatic N) is 3.